The van der Waals surface area contributed by atoms with Crippen molar-refractivity contribution in [3.8, 4) is 0 Å². The van der Waals surface area contributed by atoms with Gasteiger partial charge in [0.15, 0.2) is 0 Å². The first kappa shape index (κ1) is 20.8. The Balaban J connectivity index is 3.14. The average Bonchev–Trinajstić information content (AvgIpc) is 2.51. The van der Waals surface area contributed by atoms with Gasteiger partial charge in [-0.25, -0.2) is 4.79 Å². The highest BCUT2D eigenvalue weighted by molar-refractivity contribution is 5.90. The van der Waals surface area contributed by atoms with Gasteiger partial charge in [-0.2, -0.15) is 0 Å². The molecule has 25 heavy (non-hydrogen) atoms. The van der Waals surface area contributed by atoms with Gasteiger partial charge in [-0.1, -0.05) is 6.92 Å². The van der Waals surface area contributed by atoms with E-state index >= 15 is 0 Å². The summed E-state index contributed by atoms with van der Waals surface area (Å²) in [5, 5.41) is 5.84. The fourth-order valence-corrected chi connectivity index (χ4v) is 2.48. The van der Waals surface area contributed by atoms with Gasteiger partial charge in [0, 0.05) is 50.5 Å². The molecule has 0 aliphatic rings. The molecule has 1 aromatic carbocycles. The summed E-state index contributed by atoms with van der Waals surface area (Å²) >= 11 is 0. The molecule has 1 aromatic rings. The first-order chi connectivity index (χ1) is 11.6. The van der Waals surface area contributed by atoms with E-state index < -0.39 is 0 Å². The van der Waals surface area contributed by atoms with Crippen LogP contribution in [0, 0.1) is 0 Å². The van der Waals surface area contributed by atoms with Crippen LogP contribution in [0.4, 0.5) is 16.2 Å². The Labute approximate surface area is 151 Å². The predicted octanol–water partition coefficient (Wildman–Crippen LogP) is 3.43. The number of urea groups is 1. The molecule has 2 N–H and O–H groups in total. The SMILES string of the molecule is CCC(=O)Nc1ccc(N(C)C)c(CN(C(=O)NC(C)C)C(C)C)c1. The minimum absolute atomic E-state index is 0.0261. The van der Waals surface area contributed by atoms with Gasteiger partial charge < -0.3 is 20.4 Å². The summed E-state index contributed by atoms with van der Waals surface area (Å²) in [5.74, 6) is -0.0261. The molecule has 0 saturated carbocycles. The fraction of sp³-hybridized carbons (Fsp3) is 0.579. The largest absolute Gasteiger partial charge is 0.377 e. The molecule has 6 nitrogen and oxygen atoms in total. The summed E-state index contributed by atoms with van der Waals surface area (Å²) in [6, 6.07) is 5.86. The minimum atomic E-state index is -0.0855. The average molecular weight is 348 g/mol. The lowest BCUT2D eigenvalue weighted by molar-refractivity contribution is -0.115. The maximum atomic E-state index is 12.5. The molecule has 1 rings (SSSR count). The van der Waals surface area contributed by atoms with Crippen molar-refractivity contribution >= 4 is 23.3 Å². The zero-order valence-corrected chi connectivity index (χ0v) is 16.5. The highest BCUT2D eigenvalue weighted by atomic mass is 16.2. The first-order valence-electron chi connectivity index (χ1n) is 8.82. The Bertz CT molecular complexity index is 597. The molecule has 0 radical (unpaired) electrons. The number of rotatable bonds is 7. The van der Waals surface area contributed by atoms with E-state index in [2.05, 4.69) is 10.6 Å². The van der Waals surface area contributed by atoms with Crippen LogP contribution >= 0.6 is 0 Å². The van der Waals surface area contributed by atoms with Gasteiger partial charge in [0.2, 0.25) is 5.91 Å². The van der Waals surface area contributed by atoms with Crippen molar-refractivity contribution in [1.29, 1.82) is 0 Å². The maximum Gasteiger partial charge on any atom is 0.318 e. The van der Waals surface area contributed by atoms with Crippen molar-refractivity contribution < 1.29 is 9.59 Å². The Morgan fingerprint density at radius 2 is 1.76 bits per heavy atom. The number of carbonyl (C=O) groups excluding carboxylic acids is 2. The fourth-order valence-electron chi connectivity index (χ4n) is 2.48. The number of benzene rings is 1. The standard InChI is InChI=1S/C19H32N4O2/c1-8-18(24)21-16-9-10-17(22(6)7)15(11-16)12-23(14(4)5)19(25)20-13(2)3/h9-11,13-14H,8,12H2,1-7H3,(H,20,25)(H,21,24). The second-order valence-electron chi connectivity index (χ2n) is 6.97. The summed E-state index contributed by atoms with van der Waals surface area (Å²) in [4.78, 5) is 28.0. The molecule has 140 valence electrons. The molecule has 0 saturated heterocycles. The molecule has 0 aliphatic heterocycles. The summed E-state index contributed by atoms with van der Waals surface area (Å²) < 4.78 is 0. The third-order valence-electron chi connectivity index (χ3n) is 3.80. The van der Waals surface area contributed by atoms with Crippen LogP contribution in [0.1, 0.15) is 46.6 Å². The van der Waals surface area contributed by atoms with E-state index in [-0.39, 0.29) is 24.0 Å². The van der Waals surface area contributed by atoms with Crippen molar-refractivity contribution in [2.45, 2.75) is 59.7 Å². The highest BCUT2D eigenvalue weighted by Gasteiger charge is 2.20. The summed E-state index contributed by atoms with van der Waals surface area (Å²) in [7, 11) is 3.94. The lowest BCUT2D eigenvalue weighted by Crippen LogP contribution is -2.45. The van der Waals surface area contributed by atoms with E-state index in [0.717, 1.165) is 16.9 Å². The zero-order chi connectivity index (χ0) is 19.1. The highest BCUT2D eigenvalue weighted by Crippen LogP contribution is 2.25. The van der Waals surface area contributed by atoms with E-state index in [1.807, 2.05) is 71.8 Å². The van der Waals surface area contributed by atoms with E-state index in [1.165, 1.54) is 0 Å². The van der Waals surface area contributed by atoms with Crippen LogP contribution in [-0.2, 0) is 11.3 Å². The third-order valence-corrected chi connectivity index (χ3v) is 3.80. The Morgan fingerprint density at radius 3 is 2.24 bits per heavy atom. The van der Waals surface area contributed by atoms with Gasteiger partial charge in [0.25, 0.3) is 0 Å². The number of hydrogen-bond donors (Lipinski definition) is 2. The van der Waals surface area contributed by atoms with E-state index in [1.54, 1.807) is 4.90 Å². The molecule has 0 heterocycles. The summed E-state index contributed by atoms with van der Waals surface area (Å²) in [6.45, 7) is 10.2. The number of carbonyl (C=O) groups is 2. The number of anilines is 2. The normalized spacial score (nSPS) is 10.8. The molecule has 0 aromatic heterocycles. The van der Waals surface area contributed by atoms with Crippen molar-refractivity contribution in [3.05, 3.63) is 23.8 Å². The molecule has 3 amide bonds. The molecule has 0 aliphatic carbocycles. The van der Waals surface area contributed by atoms with Gasteiger partial charge in [0.05, 0.1) is 0 Å². The van der Waals surface area contributed by atoms with Crippen LogP contribution in [0.5, 0.6) is 0 Å². The summed E-state index contributed by atoms with van der Waals surface area (Å²) in [5.41, 5.74) is 2.77. The monoisotopic (exact) mass is 348 g/mol. The van der Waals surface area contributed by atoms with Crippen molar-refractivity contribution in [1.82, 2.24) is 10.2 Å². The van der Waals surface area contributed by atoms with Crippen LogP contribution in [0.3, 0.4) is 0 Å². The van der Waals surface area contributed by atoms with Gasteiger partial charge in [-0.15, -0.1) is 0 Å². The molecular formula is C19H32N4O2. The molecule has 0 atom stereocenters. The van der Waals surface area contributed by atoms with Crippen LogP contribution in [0.25, 0.3) is 0 Å². The van der Waals surface area contributed by atoms with Gasteiger partial charge >= 0.3 is 6.03 Å². The van der Waals surface area contributed by atoms with Crippen LogP contribution in [0.15, 0.2) is 18.2 Å². The van der Waals surface area contributed by atoms with Gasteiger partial charge in [-0.05, 0) is 51.5 Å². The van der Waals surface area contributed by atoms with Crippen molar-refractivity contribution in [2.24, 2.45) is 0 Å². The second kappa shape index (κ2) is 9.30. The van der Waals surface area contributed by atoms with Crippen molar-refractivity contribution in [2.75, 3.05) is 24.3 Å². The molecule has 0 fully saturated rings. The van der Waals surface area contributed by atoms with E-state index in [0.29, 0.717) is 13.0 Å². The Hall–Kier alpha value is -2.24. The number of nitrogens with one attached hydrogen (secondary N) is 2. The third kappa shape index (κ3) is 6.29. The topological polar surface area (TPSA) is 64.7 Å². The predicted molar refractivity (Wildman–Crippen MR) is 104 cm³/mol. The molecule has 0 unspecified atom stereocenters. The smallest absolute Gasteiger partial charge is 0.318 e. The lowest BCUT2D eigenvalue weighted by atomic mass is 10.1. The molecule has 0 bridgehead atoms. The number of hydrogen-bond acceptors (Lipinski definition) is 3. The quantitative estimate of drug-likeness (QED) is 0.793. The van der Waals surface area contributed by atoms with Gasteiger partial charge in [-0.3, -0.25) is 4.79 Å². The number of nitrogens with zero attached hydrogens (tertiary/aromatic N) is 2. The molecular weight excluding hydrogens is 316 g/mol. The van der Waals surface area contributed by atoms with Crippen LogP contribution < -0.4 is 15.5 Å². The Kier molecular flexibility index (Phi) is 7.74. The Morgan fingerprint density at radius 1 is 1.12 bits per heavy atom. The maximum absolute atomic E-state index is 12.5. The summed E-state index contributed by atoms with van der Waals surface area (Å²) in [6.07, 6.45) is 0.430. The van der Waals surface area contributed by atoms with Crippen LogP contribution in [0.2, 0.25) is 0 Å². The van der Waals surface area contributed by atoms with Gasteiger partial charge in [0.1, 0.15) is 0 Å². The van der Waals surface area contributed by atoms with E-state index in [9.17, 15) is 9.59 Å². The first-order valence-corrected chi connectivity index (χ1v) is 8.82. The second-order valence-corrected chi connectivity index (χ2v) is 6.97. The van der Waals surface area contributed by atoms with Crippen LogP contribution in [-0.4, -0.2) is 43.0 Å². The van der Waals surface area contributed by atoms with Crippen molar-refractivity contribution in [3.63, 3.8) is 0 Å². The molecule has 6 heteroatoms. The lowest BCUT2D eigenvalue weighted by Gasteiger charge is -2.30. The minimum Gasteiger partial charge on any atom is -0.377 e. The number of amides is 3. The zero-order valence-electron chi connectivity index (χ0n) is 16.5. The van der Waals surface area contributed by atoms with E-state index in [4.69, 9.17) is 0 Å². The molecule has 0 spiro atoms.